The van der Waals surface area contributed by atoms with E-state index in [1.54, 1.807) is 0 Å². The first-order valence-electron chi connectivity index (χ1n) is 4.27. The highest BCUT2D eigenvalue weighted by Gasteiger charge is 2.13. The monoisotopic (exact) mass is 260 g/mol. The summed E-state index contributed by atoms with van der Waals surface area (Å²) in [6, 6.07) is 2.25. The molecule has 0 fully saturated rings. The van der Waals surface area contributed by atoms with Crippen molar-refractivity contribution in [3.63, 3.8) is 0 Å². The van der Waals surface area contributed by atoms with Gasteiger partial charge in [0.1, 0.15) is 11.6 Å². The zero-order chi connectivity index (χ0) is 10.7. The summed E-state index contributed by atoms with van der Waals surface area (Å²) in [6.45, 7) is 1.85. The number of ketones is 1. The zero-order valence-electron chi connectivity index (χ0n) is 7.68. The second kappa shape index (κ2) is 4.55. The van der Waals surface area contributed by atoms with E-state index in [2.05, 4.69) is 15.9 Å². The van der Waals surface area contributed by atoms with E-state index in [-0.39, 0.29) is 17.1 Å². The predicted molar refractivity (Wildman–Crippen MR) is 55.0 cm³/mol. The first kappa shape index (κ1) is 11.2. The van der Waals surface area contributed by atoms with Gasteiger partial charge in [0.25, 0.3) is 0 Å². The lowest BCUT2D eigenvalue weighted by atomic mass is 10.1. The molecule has 0 aliphatic heterocycles. The SMILES string of the molecule is CCCC(=O)c1cc(Br)c(O)cc1F. The number of Topliss-reactive ketones (excluding diaryl/α,β-unsaturated/α-hetero) is 1. The normalized spacial score (nSPS) is 10.2. The highest BCUT2D eigenvalue weighted by atomic mass is 79.9. The number of phenols is 1. The summed E-state index contributed by atoms with van der Waals surface area (Å²) < 4.78 is 13.5. The Morgan fingerprint density at radius 1 is 1.57 bits per heavy atom. The Balaban J connectivity index is 3.09. The number of halogens is 2. The van der Waals surface area contributed by atoms with Crippen LogP contribution in [0.2, 0.25) is 0 Å². The van der Waals surface area contributed by atoms with Crippen molar-refractivity contribution < 1.29 is 14.3 Å². The van der Waals surface area contributed by atoms with Crippen LogP contribution >= 0.6 is 15.9 Å². The van der Waals surface area contributed by atoms with Crippen molar-refractivity contribution in [3.05, 3.63) is 28.0 Å². The lowest BCUT2D eigenvalue weighted by Gasteiger charge is -2.03. The van der Waals surface area contributed by atoms with Crippen LogP contribution in [0.4, 0.5) is 4.39 Å². The van der Waals surface area contributed by atoms with E-state index in [1.165, 1.54) is 6.07 Å². The average molecular weight is 261 g/mol. The number of carbonyl (C=O) groups excluding carboxylic acids is 1. The van der Waals surface area contributed by atoms with Gasteiger partial charge in [-0.1, -0.05) is 6.92 Å². The van der Waals surface area contributed by atoms with Crippen molar-refractivity contribution in [2.24, 2.45) is 0 Å². The molecule has 0 unspecified atom stereocenters. The van der Waals surface area contributed by atoms with Crippen molar-refractivity contribution in [1.29, 1.82) is 0 Å². The number of carbonyl (C=O) groups is 1. The van der Waals surface area contributed by atoms with E-state index in [1.807, 2.05) is 6.92 Å². The molecule has 0 aliphatic rings. The van der Waals surface area contributed by atoms with Gasteiger partial charge in [-0.25, -0.2) is 4.39 Å². The van der Waals surface area contributed by atoms with Gasteiger partial charge in [-0.05, 0) is 28.4 Å². The molecule has 0 spiro atoms. The molecule has 14 heavy (non-hydrogen) atoms. The van der Waals surface area contributed by atoms with Crippen LogP contribution in [0, 0.1) is 5.82 Å². The maximum Gasteiger partial charge on any atom is 0.165 e. The molecule has 0 heterocycles. The summed E-state index contributed by atoms with van der Waals surface area (Å²) in [6.07, 6.45) is 0.991. The number of hydrogen-bond acceptors (Lipinski definition) is 2. The van der Waals surface area contributed by atoms with Gasteiger partial charge in [-0.3, -0.25) is 4.79 Å². The van der Waals surface area contributed by atoms with Crippen LogP contribution in [0.25, 0.3) is 0 Å². The van der Waals surface area contributed by atoms with Crippen molar-refractivity contribution in [2.75, 3.05) is 0 Å². The number of phenolic OH excluding ortho intramolecular Hbond substituents is 1. The Labute approximate surface area is 89.9 Å². The fraction of sp³-hybridized carbons (Fsp3) is 0.300. The van der Waals surface area contributed by atoms with E-state index >= 15 is 0 Å². The smallest absolute Gasteiger partial charge is 0.165 e. The molecule has 0 amide bonds. The number of rotatable bonds is 3. The summed E-state index contributed by atoms with van der Waals surface area (Å²) in [5, 5.41) is 9.14. The molecular formula is C10H10BrFO2. The van der Waals surface area contributed by atoms with Crippen molar-refractivity contribution in [2.45, 2.75) is 19.8 Å². The van der Waals surface area contributed by atoms with E-state index in [4.69, 9.17) is 5.11 Å². The highest BCUT2D eigenvalue weighted by Crippen LogP contribution is 2.27. The van der Waals surface area contributed by atoms with E-state index < -0.39 is 5.82 Å². The van der Waals surface area contributed by atoms with Gasteiger partial charge in [0.2, 0.25) is 0 Å². The summed E-state index contributed by atoms with van der Waals surface area (Å²) in [5.41, 5.74) is 0.0246. The molecule has 76 valence electrons. The minimum absolute atomic E-state index is 0.0246. The van der Waals surface area contributed by atoms with Gasteiger partial charge in [0.05, 0.1) is 10.0 Å². The fourth-order valence-corrected chi connectivity index (χ4v) is 1.46. The minimum Gasteiger partial charge on any atom is -0.507 e. The molecule has 0 atom stereocenters. The number of hydrogen-bond donors (Lipinski definition) is 1. The molecule has 0 aromatic heterocycles. The second-order valence-electron chi connectivity index (χ2n) is 2.96. The van der Waals surface area contributed by atoms with E-state index in [0.29, 0.717) is 17.3 Å². The van der Waals surface area contributed by atoms with Gasteiger partial charge in [-0.2, -0.15) is 0 Å². The van der Waals surface area contributed by atoms with Crippen molar-refractivity contribution >= 4 is 21.7 Å². The highest BCUT2D eigenvalue weighted by molar-refractivity contribution is 9.10. The Morgan fingerprint density at radius 3 is 2.79 bits per heavy atom. The van der Waals surface area contributed by atoms with E-state index in [9.17, 15) is 9.18 Å². The standard InChI is InChI=1S/C10H10BrFO2/c1-2-3-9(13)6-4-7(11)10(14)5-8(6)12/h4-5,14H,2-3H2,1H3. The average Bonchev–Trinajstić information content (AvgIpc) is 2.11. The Kier molecular flexibility index (Phi) is 3.63. The van der Waals surface area contributed by atoms with Gasteiger partial charge in [0, 0.05) is 12.5 Å². The molecule has 0 aliphatic carbocycles. The fourth-order valence-electron chi connectivity index (χ4n) is 1.11. The first-order chi connectivity index (χ1) is 6.56. The third kappa shape index (κ3) is 2.32. The molecule has 1 N–H and O–H groups in total. The molecular weight excluding hydrogens is 251 g/mol. The largest absolute Gasteiger partial charge is 0.507 e. The Bertz CT molecular complexity index is 363. The van der Waals surface area contributed by atoms with Crippen LogP contribution in [0.1, 0.15) is 30.1 Å². The topological polar surface area (TPSA) is 37.3 Å². The third-order valence-electron chi connectivity index (χ3n) is 1.81. The minimum atomic E-state index is -0.677. The van der Waals surface area contributed by atoms with Crippen molar-refractivity contribution in [1.82, 2.24) is 0 Å². The molecule has 4 heteroatoms. The van der Waals surface area contributed by atoms with Gasteiger partial charge in [-0.15, -0.1) is 0 Å². The van der Waals surface area contributed by atoms with Crippen LogP contribution in [0.3, 0.4) is 0 Å². The summed E-state index contributed by atoms with van der Waals surface area (Å²) in [4.78, 5) is 11.4. The first-order valence-corrected chi connectivity index (χ1v) is 5.06. The second-order valence-corrected chi connectivity index (χ2v) is 3.81. The summed E-state index contributed by atoms with van der Waals surface area (Å²) in [5.74, 6) is -1.12. The van der Waals surface area contributed by atoms with Crippen LogP contribution in [0.15, 0.2) is 16.6 Å². The lowest BCUT2D eigenvalue weighted by Crippen LogP contribution is -2.01. The Hall–Kier alpha value is -0.900. The van der Waals surface area contributed by atoms with Crippen molar-refractivity contribution in [3.8, 4) is 5.75 Å². The third-order valence-corrected chi connectivity index (χ3v) is 2.45. The van der Waals surface area contributed by atoms with Gasteiger partial charge in [0.15, 0.2) is 5.78 Å². The predicted octanol–water partition coefficient (Wildman–Crippen LogP) is 3.28. The van der Waals surface area contributed by atoms with Crippen LogP contribution < -0.4 is 0 Å². The lowest BCUT2D eigenvalue weighted by molar-refractivity contribution is 0.0978. The van der Waals surface area contributed by atoms with Crippen LogP contribution in [-0.2, 0) is 0 Å². The summed E-state index contributed by atoms with van der Waals surface area (Å²) >= 11 is 3.03. The van der Waals surface area contributed by atoms with E-state index in [0.717, 1.165) is 6.07 Å². The molecule has 0 radical (unpaired) electrons. The molecule has 1 rings (SSSR count). The number of benzene rings is 1. The van der Waals surface area contributed by atoms with Crippen LogP contribution in [0.5, 0.6) is 5.75 Å². The maximum atomic E-state index is 13.2. The molecule has 0 saturated carbocycles. The molecule has 1 aromatic rings. The summed E-state index contributed by atoms with van der Waals surface area (Å²) in [7, 11) is 0. The maximum absolute atomic E-state index is 13.2. The van der Waals surface area contributed by atoms with Gasteiger partial charge >= 0.3 is 0 Å². The molecule has 0 bridgehead atoms. The van der Waals surface area contributed by atoms with Crippen LogP contribution in [-0.4, -0.2) is 10.9 Å². The number of aromatic hydroxyl groups is 1. The van der Waals surface area contributed by atoms with Gasteiger partial charge < -0.3 is 5.11 Å². The molecule has 0 saturated heterocycles. The zero-order valence-corrected chi connectivity index (χ0v) is 9.27. The molecule has 1 aromatic carbocycles. The quantitative estimate of drug-likeness (QED) is 0.848. The molecule has 2 nitrogen and oxygen atoms in total. The Morgan fingerprint density at radius 2 is 2.21 bits per heavy atom.